The molecule has 9 unspecified atom stereocenters. The molecule has 9 saturated carbocycles. The number of nitrogens with one attached hydrogen (secondary N) is 1. The van der Waals surface area contributed by atoms with Crippen molar-refractivity contribution < 1.29 is 101 Å². The standard InChI is InChI=1S/C73H112N12O14.C38H60N6O7/c1-50(86)43-80(32-36-96-6)65(91)49-83(35-39-99-9)66(92)46-79(29-11-31-85-45-62(76-78-85)73(95)27-21-60-56-15-13-52-41-54(88)17-23-69(52,3)58(56)19-25-71(60,73)5)64(90)48-82(34-38-98-8)67(93)47-81(33-37-97-7)63(89)42-74-28-10-30-84-44-61(75-77-84)72(94)26-20-59-55-14-12-51-40-53(87)16-22-68(51,2)57(55)18-24-70(59,72)4;1-27(45)23-42(18-20-50-5)35(48)26-43(19-21-51-6)34(47)25-41(4)16-7-17-44-24-33(39-40-44)38(49)15-12-32-30-9-8-28-22-29(46)10-13-36(28,2)31(30)11-14-37(32,38)3/h40-41,44-45,55-60,74,94-95H,10-39,42-43,46-49H2,1-9H3;22,24,30-32,49H,7-21,23,25-26H2,1-6H3/t55?,56?,57?,58?,59?,60?,68-,69-,70-,71-,72+,73+;30?,31?,32?,36-,37-,38+/m00/s1. The number of allylic oxidation sites excluding steroid dienone is 3. The molecule has 0 aromatic carbocycles. The van der Waals surface area contributed by atoms with Crippen molar-refractivity contribution in [3.63, 3.8) is 0 Å². The third-order valence-electron chi connectivity index (χ3n) is 38.7. The van der Waals surface area contributed by atoms with E-state index in [1.54, 1.807) is 27.4 Å². The maximum absolute atomic E-state index is 14.9. The number of ether oxygens (including phenoxy) is 6. The van der Waals surface area contributed by atoms with Gasteiger partial charge in [0.05, 0.1) is 117 Å². The minimum Gasteiger partial charge on any atom is -0.383 e. The van der Waals surface area contributed by atoms with Crippen LogP contribution in [0.5, 0.6) is 0 Å². The highest BCUT2D eigenvalue weighted by atomic mass is 16.5. The van der Waals surface area contributed by atoms with Crippen LogP contribution < -0.4 is 5.32 Å². The Balaban J connectivity index is 0.000000290. The predicted octanol–water partition coefficient (Wildman–Crippen LogP) is 7.55. The van der Waals surface area contributed by atoms with Crippen molar-refractivity contribution >= 4 is 70.3 Å². The molecule has 3 aromatic rings. The number of ketones is 5. The van der Waals surface area contributed by atoms with Crippen molar-refractivity contribution in [3.05, 3.63) is 70.6 Å². The van der Waals surface area contributed by atoms with Gasteiger partial charge < -0.3 is 83.4 Å². The van der Waals surface area contributed by atoms with E-state index in [0.717, 1.165) is 116 Å². The van der Waals surface area contributed by atoms with Crippen molar-refractivity contribution in [2.45, 2.75) is 265 Å². The first kappa shape index (κ1) is 116. The van der Waals surface area contributed by atoms with Gasteiger partial charge in [-0.1, -0.05) is 73.9 Å². The van der Waals surface area contributed by atoms with Crippen LogP contribution in [-0.4, -0.2) is 377 Å². The molecule has 39 heteroatoms. The number of Topliss-reactive ketones (excluding diaryl/α,β-unsaturated/α-hetero) is 2. The number of hydrogen-bond acceptors (Lipinski definition) is 29. The molecule has 0 aliphatic heterocycles. The van der Waals surface area contributed by atoms with E-state index in [1.807, 2.05) is 42.6 Å². The smallest absolute Gasteiger partial charge is 0.242 e. The molecular formula is C111H172N18O21. The molecule has 0 bridgehead atoms. The molecule has 7 amide bonds. The van der Waals surface area contributed by atoms with Gasteiger partial charge >= 0.3 is 0 Å². The number of aryl methyl sites for hydroxylation is 3. The Labute approximate surface area is 885 Å². The van der Waals surface area contributed by atoms with E-state index in [1.165, 1.54) is 100 Å². The van der Waals surface area contributed by atoms with Crippen LogP contribution in [-0.2, 0) is 122 Å². The zero-order chi connectivity index (χ0) is 108. The Hall–Kier alpha value is -9.16. The van der Waals surface area contributed by atoms with Crippen LogP contribution >= 0.6 is 0 Å². The summed E-state index contributed by atoms with van der Waals surface area (Å²) in [6, 6.07) is 0. The first-order chi connectivity index (χ1) is 71.5. The number of aromatic nitrogens is 9. The Bertz CT molecular complexity index is 5370. The van der Waals surface area contributed by atoms with E-state index >= 15 is 0 Å². The summed E-state index contributed by atoms with van der Waals surface area (Å²) in [5, 5.41) is 68.2. The molecule has 18 atom stereocenters. The zero-order valence-electron chi connectivity index (χ0n) is 92.1. The second-order valence-corrected chi connectivity index (χ2v) is 47.1. The van der Waals surface area contributed by atoms with E-state index in [2.05, 4.69) is 77.8 Å². The highest BCUT2D eigenvalue weighted by Gasteiger charge is 2.69. The highest BCUT2D eigenvalue weighted by molar-refractivity contribution is 5.95. The summed E-state index contributed by atoms with van der Waals surface area (Å²) in [5.41, 5.74) is 1.41. The number of aliphatic hydroxyl groups is 3. The fourth-order valence-corrected chi connectivity index (χ4v) is 29.9. The van der Waals surface area contributed by atoms with Gasteiger partial charge in [0.25, 0.3) is 0 Å². The molecule has 0 radical (unpaired) electrons. The average molecular weight is 2090 g/mol. The minimum atomic E-state index is -1.23. The van der Waals surface area contributed by atoms with Crippen LogP contribution in [0.2, 0.25) is 0 Å². The first-order valence-electron chi connectivity index (χ1n) is 55.4. The molecule has 9 fully saturated rings. The maximum atomic E-state index is 14.9. The molecule has 0 saturated heterocycles. The van der Waals surface area contributed by atoms with Crippen LogP contribution in [0.1, 0.15) is 246 Å². The van der Waals surface area contributed by atoms with Gasteiger partial charge in [0, 0.05) is 150 Å². The van der Waals surface area contributed by atoms with Crippen LogP contribution in [0.15, 0.2) is 53.5 Å². The van der Waals surface area contributed by atoms with Gasteiger partial charge in [-0.25, -0.2) is 0 Å². The van der Waals surface area contributed by atoms with Gasteiger partial charge in [0.1, 0.15) is 45.5 Å². The van der Waals surface area contributed by atoms with E-state index < -0.39 is 72.0 Å². The Morgan fingerprint density at radius 2 is 0.607 bits per heavy atom. The lowest BCUT2D eigenvalue weighted by Crippen LogP contribution is -2.53. The highest BCUT2D eigenvalue weighted by Crippen LogP contribution is 2.73. The van der Waals surface area contributed by atoms with Crippen molar-refractivity contribution in [1.29, 1.82) is 0 Å². The Morgan fingerprint density at radius 3 is 0.907 bits per heavy atom. The third kappa shape index (κ3) is 24.8. The monoisotopic (exact) mass is 2090 g/mol. The lowest BCUT2D eigenvalue weighted by atomic mass is 9.46. The van der Waals surface area contributed by atoms with Crippen molar-refractivity contribution in [3.8, 4) is 0 Å². The molecule has 15 rings (SSSR count). The van der Waals surface area contributed by atoms with E-state index in [-0.39, 0.29) is 204 Å². The number of methoxy groups -OCH3 is 6. The second-order valence-electron chi connectivity index (χ2n) is 47.1. The summed E-state index contributed by atoms with van der Waals surface area (Å²) in [5.74, 6) is 1.26. The largest absolute Gasteiger partial charge is 0.383 e. The number of hydrogen-bond donors (Lipinski definition) is 4. The molecule has 3 aromatic heterocycles. The van der Waals surface area contributed by atoms with E-state index in [9.17, 15) is 72.9 Å². The molecule has 0 spiro atoms. The summed E-state index contributed by atoms with van der Waals surface area (Å²) < 4.78 is 36.9. The summed E-state index contributed by atoms with van der Waals surface area (Å²) in [6.45, 7) is 18.6. The summed E-state index contributed by atoms with van der Waals surface area (Å²) in [4.78, 5) is 171. The zero-order valence-corrected chi connectivity index (χ0v) is 92.1. The van der Waals surface area contributed by atoms with Gasteiger partial charge in [-0.05, 0) is 269 Å². The van der Waals surface area contributed by atoms with Crippen molar-refractivity contribution in [1.82, 2.24) is 89.5 Å². The Morgan fingerprint density at radius 1 is 0.340 bits per heavy atom. The maximum Gasteiger partial charge on any atom is 0.242 e. The normalized spacial score (nSPS) is 30.4. The van der Waals surface area contributed by atoms with E-state index in [0.29, 0.717) is 149 Å². The minimum absolute atomic E-state index is 0.00596. The van der Waals surface area contributed by atoms with Gasteiger partial charge in [-0.3, -0.25) is 76.5 Å². The van der Waals surface area contributed by atoms with Crippen molar-refractivity contribution in [2.75, 3.05) is 207 Å². The molecule has 12 aliphatic rings. The summed E-state index contributed by atoms with van der Waals surface area (Å²) >= 11 is 0. The molecule has 832 valence electrons. The average Bonchev–Trinajstić information content (AvgIpc) is 1.56. The quantitative estimate of drug-likeness (QED) is 0.0396. The number of likely N-dealkylation sites (N-methyl/N-ethyl adjacent to an activating group) is 1. The summed E-state index contributed by atoms with van der Waals surface area (Å²) in [6.07, 6.45) is 33.7. The molecule has 12 aliphatic carbocycles. The van der Waals surface area contributed by atoms with Crippen LogP contribution in [0.25, 0.3) is 0 Å². The van der Waals surface area contributed by atoms with Crippen molar-refractivity contribution in [2.24, 2.45) is 85.8 Å². The van der Waals surface area contributed by atoms with E-state index in [4.69, 9.17) is 28.4 Å². The Kier molecular flexibility index (Phi) is 38.9. The van der Waals surface area contributed by atoms with Gasteiger partial charge in [0.15, 0.2) is 17.3 Å². The van der Waals surface area contributed by atoms with Gasteiger partial charge in [-0.15, -0.1) is 15.3 Å². The molecule has 150 heavy (non-hydrogen) atoms. The number of carbonyl (C=O) groups excluding carboxylic acids is 12. The fourth-order valence-electron chi connectivity index (χ4n) is 29.9. The number of carbonyl (C=O) groups is 12. The van der Waals surface area contributed by atoms with Crippen LogP contribution in [0, 0.1) is 85.8 Å². The van der Waals surface area contributed by atoms with Crippen LogP contribution in [0.4, 0.5) is 0 Å². The predicted molar refractivity (Wildman–Crippen MR) is 555 cm³/mol. The number of fused-ring (bicyclic) bond motifs is 15. The lowest BCUT2D eigenvalue weighted by Gasteiger charge is -2.59. The fraction of sp³-hybridized carbons (Fsp3) is 0.784. The van der Waals surface area contributed by atoms with Gasteiger partial charge in [0.2, 0.25) is 41.4 Å². The number of amides is 7. The lowest BCUT2D eigenvalue weighted by molar-refractivity contribution is -0.148. The second kappa shape index (κ2) is 50.2. The number of rotatable bonds is 51. The molecule has 4 N–H and O–H groups in total. The first-order valence-corrected chi connectivity index (χ1v) is 55.4. The molecular weight excluding hydrogens is 1920 g/mol. The third-order valence-corrected chi connectivity index (χ3v) is 38.7. The number of nitrogens with zero attached hydrogens (tertiary/aromatic N) is 17. The SMILES string of the molecule is COCCN(CC(C)=O)C(=O)CN(CCOC)C(=O)CN(C)CCCn1cc([C@]2(O)CCC3C4CCC5=CC(=O)CC[C@]5(C)C4CC[C@@]32C)nn1.COCCN(CC(C)=O)C(=O)CN(CCOC)C(=O)CN(CCCn1cc([C@]2(O)CCC3C4CCC5=CC(=O)CC[C@]5(C)C4CC[C@@]32C)nn1)C(=O)CN(CCOC)C(=O)CN(CCOC)C(=O)CNCCCn1cc([C@]2(O)CCC3C4CCC5=CC(=O)CC[C@]5(C)C4CC[C@@]32C)nn1. The molecule has 3 heterocycles. The van der Waals surface area contributed by atoms with Crippen LogP contribution in [0.3, 0.4) is 0 Å². The summed E-state index contributed by atoms with van der Waals surface area (Å²) in [7, 11) is 10.9. The van der Waals surface area contributed by atoms with Gasteiger partial charge in [-0.2, -0.15) is 0 Å². The topological polar surface area (TPSA) is 451 Å². The molecule has 39 nitrogen and oxygen atoms in total.